The number of nitrogens with zero attached hydrogens (tertiary/aromatic N) is 2. The molecule has 1 saturated heterocycles. The monoisotopic (exact) mass is 291 g/mol. The number of rotatable bonds is 5. The maximum absolute atomic E-state index is 12.2. The number of nitrogens with one attached hydrogen (secondary N) is 1. The Labute approximate surface area is 126 Å². The maximum Gasteiger partial charge on any atom is 0.236 e. The van der Waals surface area contributed by atoms with E-state index in [1.54, 1.807) is 7.11 Å². The lowest BCUT2D eigenvalue weighted by molar-refractivity contribution is -0.132. The lowest BCUT2D eigenvalue weighted by Crippen LogP contribution is -2.49. The average molecular weight is 291 g/mol. The zero-order valence-electron chi connectivity index (χ0n) is 13.2. The van der Waals surface area contributed by atoms with Crippen LogP contribution in [0.4, 0.5) is 0 Å². The Morgan fingerprint density at radius 1 is 1.38 bits per heavy atom. The molecule has 21 heavy (non-hydrogen) atoms. The molecule has 0 saturated carbocycles. The van der Waals surface area contributed by atoms with E-state index in [-0.39, 0.29) is 5.91 Å². The number of methoxy groups -OCH3 is 1. The van der Waals surface area contributed by atoms with Crippen molar-refractivity contribution in [1.29, 1.82) is 0 Å². The van der Waals surface area contributed by atoms with Gasteiger partial charge in [-0.1, -0.05) is 12.1 Å². The van der Waals surface area contributed by atoms with E-state index in [0.717, 1.165) is 49.6 Å². The van der Waals surface area contributed by atoms with E-state index in [0.29, 0.717) is 6.54 Å². The van der Waals surface area contributed by atoms with Gasteiger partial charge in [-0.2, -0.15) is 0 Å². The molecule has 5 heteroatoms. The summed E-state index contributed by atoms with van der Waals surface area (Å²) in [6.07, 6.45) is 0. The van der Waals surface area contributed by atoms with E-state index in [4.69, 9.17) is 4.74 Å². The molecule has 0 unspecified atom stereocenters. The highest BCUT2D eigenvalue weighted by molar-refractivity contribution is 5.78. The lowest BCUT2D eigenvalue weighted by atomic mass is 10.1. The van der Waals surface area contributed by atoms with Crippen LogP contribution in [0, 0.1) is 6.92 Å². The standard InChI is InChI=1S/C16H25N3O2/c1-13-4-5-14(10-15(13)21-3)11-18(2)12-16(20)19-8-6-17-7-9-19/h4-5,10,17H,6-9,11-12H2,1-3H3. The first-order chi connectivity index (χ1) is 10.1. The fourth-order valence-corrected chi connectivity index (χ4v) is 2.58. The third kappa shape index (κ3) is 4.44. The Bertz CT molecular complexity index is 484. The Morgan fingerprint density at radius 2 is 2.10 bits per heavy atom. The summed E-state index contributed by atoms with van der Waals surface area (Å²) in [5, 5.41) is 3.26. The van der Waals surface area contributed by atoms with E-state index in [2.05, 4.69) is 22.3 Å². The Morgan fingerprint density at radius 3 is 2.76 bits per heavy atom. The van der Waals surface area contributed by atoms with Crippen LogP contribution in [-0.2, 0) is 11.3 Å². The highest BCUT2D eigenvalue weighted by atomic mass is 16.5. The molecular formula is C16H25N3O2. The third-order valence-corrected chi connectivity index (χ3v) is 3.80. The number of carbonyl (C=O) groups is 1. The predicted molar refractivity (Wildman–Crippen MR) is 83.5 cm³/mol. The Balaban J connectivity index is 1.88. The van der Waals surface area contributed by atoms with Crippen LogP contribution >= 0.6 is 0 Å². The van der Waals surface area contributed by atoms with Crippen molar-refractivity contribution in [2.45, 2.75) is 13.5 Å². The molecule has 0 aromatic heterocycles. The molecule has 0 aliphatic carbocycles. The minimum Gasteiger partial charge on any atom is -0.496 e. The maximum atomic E-state index is 12.2. The average Bonchev–Trinajstić information content (AvgIpc) is 2.50. The lowest BCUT2D eigenvalue weighted by Gasteiger charge is -2.29. The van der Waals surface area contributed by atoms with E-state index in [1.165, 1.54) is 0 Å². The molecule has 1 N–H and O–H groups in total. The van der Waals surface area contributed by atoms with E-state index >= 15 is 0 Å². The number of ether oxygens (including phenoxy) is 1. The van der Waals surface area contributed by atoms with E-state index in [9.17, 15) is 4.79 Å². The van der Waals surface area contributed by atoms with Crippen molar-refractivity contribution in [3.05, 3.63) is 29.3 Å². The Kier molecular flexibility index (Phi) is 5.59. The molecule has 1 aliphatic rings. The first-order valence-corrected chi connectivity index (χ1v) is 7.40. The molecule has 0 radical (unpaired) electrons. The second kappa shape index (κ2) is 7.43. The van der Waals surface area contributed by atoms with Gasteiger partial charge >= 0.3 is 0 Å². The fraction of sp³-hybridized carbons (Fsp3) is 0.562. The quantitative estimate of drug-likeness (QED) is 0.874. The Hall–Kier alpha value is -1.59. The van der Waals surface area contributed by atoms with Gasteiger partial charge in [0, 0.05) is 32.7 Å². The van der Waals surface area contributed by atoms with Gasteiger partial charge < -0.3 is 15.0 Å². The molecule has 1 amide bonds. The van der Waals surface area contributed by atoms with Crippen LogP contribution < -0.4 is 10.1 Å². The number of likely N-dealkylation sites (N-methyl/N-ethyl adjacent to an activating group) is 1. The summed E-state index contributed by atoms with van der Waals surface area (Å²) in [5.41, 5.74) is 2.29. The number of piperazine rings is 1. The van der Waals surface area contributed by atoms with Gasteiger partial charge in [0.25, 0.3) is 0 Å². The predicted octanol–water partition coefficient (Wildman–Crippen LogP) is 0.867. The van der Waals surface area contributed by atoms with Gasteiger partial charge in [0.1, 0.15) is 5.75 Å². The number of carbonyl (C=O) groups excluding carboxylic acids is 1. The summed E-state index contributed by atoms with van der Waals surface area (Å²) in [4.78, 5) is 16.2. The van der Waals surface area contributed by atoms with Crippen molar-refractivity contribution in [1.82, 2.24) is 15.1 Å². The number of hydrogen-bond acceptors (Lipinski definition) is 4. The minimum atomic E-state index is 0.207. The first-order valence-electron chi connectivity index (χ1n) is 7.40. The SMILES string of the molecule is COc1cc(CN(C)CC(=O)N2CCNCC2)ccc1C. The number of benzene rings is 1. The van der Waals surface area contributed by atoms with Gasteiger partial charge in [0.05, 0.1) is 13.7 Å². The summed E-state index contributed by atoms with van der Waals surface area (Å²) in [7, 11) is 3.66. The number of hydrogen-bond donors (Lipinski definition) is 1. The second-order valence-electron chi connectivity index (χ2n) is 5.61. The van der Waals surface area contributed by atoms with Crippen molar-refractivity contribution in [3.63, 3.8) is 0 Å². The van der Waals surface area contributed by atoms with Crippen molar-refractivity contribution in [2.75, 3.05) is 46.9 Å². The summed E-state index contributed by atoms with van der Waals surface area (Å²) in [6, 6.07) is 6.19. The molecular weight excluding hydrogens is 266 g/mol. The second-order valence-corrected chi connectivity index (χ2v) is 5.61. The van der Waals surface area contributed by atoms with Gasteiger partial charge in [-0.25, -0.2) is 0 Å². The molecule has 2 rings (SSSR count). The summed E-state index contributed by atoms with van der Waals surface area (Å²) in [5.74, 6) is 1.10. The van der Waals surface area contributed by atoms with Gasteiger partial charge in [0.15, 0.2) is 0 Å². The molecule has 0 bridgehead atoms. The summed E-state index contributed by atoms with van der Waals surface area (Å²) >= 11 is 0. The molecule has 0 atom stereocenters. The molecule has 1 fully saturated rings. The normalized spacial score (nSPS) is 15.3. The van der Waals surface area contributed by atoms with Gasteiger partial charge in [-0.15, -0.1) is 0 Å². The van der Waals surface area contributed by atoms with Crippen LogP contribution in [0.15, 0.2) is 18.2 Å². The molecule has 5 nitrogen and oxygen atoms in total. The molecule has 0 spiro atoms. The van der Waals surface area contributed by atoms with Crippen LogP contribution in [0.2, 0.25) is 0 Å². The smallest absolute Gasteiger partial charge is 0.236 e. The van der Waals surface area contributed by atoms with Crippen LogP contribution in [0.3, 0.4) is 0 Å². The van der Waals surface area contributed by atoms with Crippen molar-refractivity contribution < 1.29 is 9.53 Å². The third-order valence-electron chi connectivity index (χ3n) is 3.80. The van der Waals surface area contributed by atoms with E-state index in [1.807, 2.05) is 24.9 Å². The largest absolute Gasteiger partial charge is 0.496 e. The zero-order chi connectivity index (χ0) is 15.2. The van der Waals surface area contributed by atoms with Gasteiger partial charge in [-0.3, -0.25) is 9.69 Å². The zero-order valence-corrected chi connectivity index (χ0v) is 13.2. The van der Waals surface area contributed by atoms with Crippen molar-refractivity contribution in [2.24, 2.45) is 0 Å². The fourth-order valence-electron chi connectivity index (χ4n) is 2.58. The van der Waals surface area contributed by atoms with Crippen molar-refractivity contribution >= 4 is 5.91 Å². The highest BCUT2D eigenvalue weighted by Crippen LogP contribution is 2.19. The highest BCUT2D eigenvalue weighted by Gasteiger charge is 2.17. The van der Waals surface area contributed by atoms with Crippen LogP contribution in [-0.4, -0.2) is 62.6 Å². The summed E-state index contributed by atoms with van der Waals surface area (Å²) in [6.45, 7) is 6.64. The molecule has 1 aromatic carbocycles. The number of aryl methyl sites for hydroxylation is 1. The molecule has 1 aromatic rings. The minimum absolute atomic E-state index is 0.207. The molecule has 1 aliphatic heterocycles. The van der Waals surface area contributed by atoms with Gasteiger partial charge in [0.2, 0.25) is 5.91 Å². The summed E-state index contributed by atoms with van der Waals surface area (Å²) < 4.78 is 5.34. The van der Waals surface area contributed by atoms with E-state index < -0.39 is 0 Å². The number of amides is 1. The van der Waals surface area contributed by atoms with Crippen LogP contribution in [0.25, 0.3) is 0 Å². The van der Waals surface area contributed by atoms with Crippen LogP contribution in [0.5, 0.6) is 5.75 Å². The van der Waals surface area contributed by atoms with Crippen LogP contribution in [0.1, 0.15) is 11.1 Å². The first kappa shape index (κ1) is 15.8. The molecule has 1 heterocycles. The molecule has 116 valence electrons. The van der Waals surface area contributed by atoms with Crippen molar-refractivity contribution in [3.8, 4) is 5.75 Å². The van der Waals surface area contributed by atoms with Gasteiger partial charge in [-0.05, 0) is 31.2 Å². The topological polar surface area (TPSA) is 44.8 Å².